The highest BCUT2D eigenvalue weighted by Crippen LogP contribution is 2.33. The lowest BCUT2D eigenvalue weighted by Crippen LogP contribution is -2.38. The third-order valence-electron chi connectivity index (χ3n) is 2.76. The first-order chi connectivity index (χ1) is 6.35. The van der Waals surface area contributed by atoms with Crippen molar-refractivity contribution in [2.75, 3.05) is 0 Å². The van der Waals surface area contributed by atoms with Gasteiger partial charge in [0, 0.05) is 21.5 Å². The zero-order valence-corrected chi connectivity index (χ0v) is 10.2. The summed E-state index contributed by atoms with van der Waals surface area (Å²) in [6.45, 7) is 6.10. The molecule has 1 aromatic carbocycles. The summed E-state index contributed by atoms with van der Waals surface area (Å²) in [6, 6.07) is 5.50. The first-order valence-electron chi connectivity index (χ1n) is 4.57. The van der Waals surface area contributed by atoms with Crippen LogP contribution in [0.3, 0.4) is 0 Å². The molecule has 1 unspecified atom stereocenters. The minimum atomic E-state index is -0.165. The second-order valence-corrected chi connectivity index (χ2v) is 4.98. The Balaban J connectivity index is 3.24. The van der Waals surface area contributed by atoms with Crippen molar-refractivity contribution in [1.29, 1.82) is 0 Å². The zero-order chi connectivity index (χ0) is 10.9. The SMILES string of the molecule is CC(N)C(C)(C)c1cc(Cl)ccc1Cl. The molecule has 2 N–H and O–H groups in total. The van der Waals surface area contributed by atoms with Gasteiger partial charge >= 0.3 is 0 Å². The van der Waals surface area contributed by atoms with Crippen LogP contribution in [0, 0.1) is 0 Å². The second kappa shape index (κ2) is 4.09. The van der Waals surface area contributed by atoms with Crippen LogP contribution in [0.25, 0.3) is 0 Å². The normalized spacial score (nSPS) is 14.1. The van der Waals surface area contributed by atoms with Crippen LogP contribution in [-0.4, -0.2) is 6.04 Å². The van der Waals surface area contributed by atoms with Gasteiger partial charge in [-0.15, -0.1) is 0 Å². The molecule has 0 fully saturated rings. The summed E-state index contributed by atoms with van der Waals surface area (Å²) in [5.74, 6) is 0. The molecule has 1 rings (SSSR count). The quantitative estimate of drug-likeness (QED) is 0.827. The fourth-order valence-electron chi connectivity index (χ4n) is 1.24. The molecule has 0 saturated heterocycles. The van der Waals surface area contributed by atoms with Crippen molar-refractivity contribution in [2.24, 2.45) is 5.73 Å². The largest absolute Gasteiger partial charge is 0.327 e. The molecule has 0 aliphatic rings. The lowest BCUT2D eigenvalue weighted by atomic mass is 9.79. The van der Waals surface area contributed by atoms with Crippen molar-refractivity contribution >= 4 is 23.2 Å². The Labute approximate surface area is 95.2 Å². The summed E-state index contributed by atoms with van der Waals surface area (Å²) in [7, 11) is 0. The fraction of sp³-hybridized carbons (Fsp3) is 0.455. The van der Waals surface area contributed by atoms with Crippen LogP contribution in [0.2, 0.25) is 10.0 Å². The molecule has 0 aliphatic carbocycles. The van der Waals surface area contributed by atoms with Crippen LogP contribution >= 0.6 is 23.2 Å². The maximum atomic E-state index is 6.11. The molecule has 0 spiro atoms. The number of hydrogen-bond acceptors (Lipinski definition) is 1. The molecule has 0 aliphatic heterocycles. The molecule has 1 nitrogen and oxygen atoms in total. The van der Waals surface area contributed by atoms with E-state index in [0.717, 1.165) is 10.6 Å². The van der Waals surface area contributed by atoms with Gasteiger partial charge in [-0.05, 0) is 30.7 Å². The zero-order valence-electron chi connectivity index (χ0n) is 8.64. The highest BCUT2D eigenvalue weighted by molar-refractivity contribution is 6.33. The Kier molecular flexibility index (Phi) is 3.46. The van der Waals surface area contributed by atoms with Gasteiger partial charge in [0.15, 0.2) is 0 Å². The molecule has 0 heterocycles. The predicted octanol–water partition coefficient (Wildman–Crippen LogP) is 3.62. The van der Waals surface area contributed by atoms with E-state index in [4.69, 9.17) is 28.9 Å². The molecular formula is C11H15Cl2N. The molecule has 78 valence electrons. The van der Waals surface area contributed by atoms with Gasteiger partial charge in [0.25, 0.3) is 0 Å². The summed E-state index contributed by atoms with van der Waals surface area (Å²) in [4.78, 5) is 0. The third kappa shape index (κ3) is 2.22. The van der Waals surface area contributed by atoms with Gasteiger partial charge in [-0.2, -0.15) is 0 Å². The molecular weight excluding hydrogens is 217 g/mol. The van der Waals surface area contributed by atoms with Crippen LogP contribution in [-0.2, 0) is 5.41 Å². The standard InChI is InChI=1S/C11H15Cl2N/c1-7(14)11(2,3)9-6-8(12)4-5-10(9)13/h4-7H,14H2,1-3H3. The second-order valence-electron chi connectivity index (χ2n) is 4.13. The smallest absolute Gasteiger partial charge is 0.0445 e. The summed E-state index contributed by atoms with van der Waals surface area (Å²) in [5, 5.41) is 1.41. The Morgan fingerprint density at radius 3 is 2.36 bits per heavy atom. The highest BCUT2D eigenvalue weighted by atomic mass is 35.5. The Bertz CT molecular complexity index is 332. The van der Waals surface area contributed by atoms with Crippen LogP contribution in [0.5, 0.6) is 0 Å². The van der Waals surface area contributed by atoms with E-state index in [2.05, 4.69) is 13.8 Å². The lowest BCUT2D eigenvalue weighted by molar-refractivity contribution is 0.434. The Morgan fingerprint density at radius 2 is 1.86 bits per heavy atom. The molecule has 3 heteroatoms. The molecule has 1 aromatic rings. The molecule has 1 atom stereocenters. The Hall–Kier alpha value is -0.240. The van der Waals surface area contributed by atoms with Gasteiger partial charge in [-0.3, -0.25) is 0 Å². The molecule has 0 saturated carbocycles. The van der Waals surface area contributed by atoms with Crippen LogP contribution in [0.1, 0.15) is 26.3 Å². The first kappa shape index (κ1) is 11.8. The van der Waals surface area contributed by atoms with E-state index in [1.54, 1.807) is 6.07 Å². The van der Waals surface area contributed by atoms with E-state index in [-0.39, 0.29) is 11.5 Å². The molecule has 0 amide bonds. The minimum absolute atomic E-state index is 0.0264. The van der Waals surface area contributed by atoms with Crippen molar-refractivity contribution < 1.29 is 0 Å². The average Bonchev–Trinajstić information content (AvgIpc) is 2.08. The van der Waals surface area contributed by atoms with Gasteiger partial charge in [-0.1, -0.05) is 37.0 Å². The monoisotopic (exact) mass is 231 g/mol. The van der Waals surface area contributed by atoms with Gasteiger partial charge in [0.05, 0.1) is 0 Å². The number of rotatable bonds is 2. The van der Waals surface area contributed by atoms with Gasteiger partial charge in [0.2, 0.25) is 0 Å². The van der Waals surface area contributed by atoms with Crippen LogP contribution < -0.4 is 5.73 Å². The maximum Gasteiger partial charge on any atom is 0.0445 e. The van der Waals surface area contributed by atoms with Crippen molar-refractivity contribution in [1.82, 2.24) is 0 Å². The average molecular weight is 232 g/mol. The van der Waals surface area contributed by atoms with Crippen molar-refractivity contribution in [3.05, 3.63) is 33.8 Å². The van der Waals surface area contributed by atoms with Crippen LogP contribution in [0.4, 0.5) is 0 Å². The van der Waals surface area contributed by atoms with Crippen molar-refractivity contribution in [3.8, 4) is 0 Å². The summed E-state index contributed by atoms with van der Waals surface area (Å²) in [6.07, 6.45) is 0. The predicted molar refractivity (Wildman–Crippen MR) is 63.1 cm³/mol. The minimum Gasteiger partial charge on any atom is -0.327 e. The first-order valence-corrected chi connectivity index (χ1v) is 5.32. The van der Waals surface area contributed by atoms with E-state index in [1.807, 2.05) is 19.1 Å². The number of benzene rings is 1. The van der Waals surface area contributed by atoms with Crippen molar-refractivity contribution in [2.45, 2.75) is 32.2 Å². The summed E-state index contributed by atoms with van der Waals surface area (Å²) >= 11 is 12.0. The van der Waals surface area contributed by atoms with E-state index in [1.165, 1.54) is 0 Å². The summed E-state index contributed by atoms with van der Waals surface area (Å²) in [5.41, 5.74) is 6.76. The molecule has 0 aromatic heterocycles. The summed E-state index contributed by atoms with van der Waals surface area (Å²) < 4.78 is 0. The van der Waals surface area contributed by atoms with E-state index in [9.17, 15) is 0 Å². The van der Waals surface area contributed by atoms with Crippen LogP contribution in [0.15, 0.2) is 18.2 Å². The molecule has 0 radical (unpaired) electrons. The van der Waals surface area contributed by atoms with Gasteiger partial charge in [0.1, 0.15) is 0 Å². The van der Waals surface area contributed by atoms with Gasteiger partial charge < -0.3 is 5.73 Å². The topological polar surface area (TPSA) is 26.0 Å². The van der Waals surface area contributed by atoms with E-state index >= 15 is 0 Å². The van der Waals surface area contributed by atoms with E-state index < -0.39 is 0 Å². The number of hydrogen-bond donors (Lipinski definition) is 1. The van der Waals surface area contributed by atoms with Crippen molar-refractivity contribution in [3.63, 3.8) is 0 Å². The lowest BCUT2D eigenvalue weighted by Gasteiger charge is -2.30. The number of nitrogens with two attached hydrogens (primary N) is 1. The van der Waals surface area contributed by atoms with Gasteiger partial charge in [-0.25, -0.2) is 0 Å². The third-order valence-corrected chi connectivity index (χ3v) is 3.33. The Morgan fingerprint density at radius 1 is 1.29 bits per heavy atom. The fourth-order valence-corrected chi connectivity index (χ4v) is 1.77. The highest BCUT2D eigenvalue weighted by Gasteiger charge is 2.27. The molecule has 0 bridgehead atoms. The maximum absolute atomic E-state index is 6.11. The molecule has 14 heavy (non-hydrogen) atoms. The number of halogens is 2. The van der Waals surface area contributed by atoms with E-state index in [0.29, 0.717) is 5.02 Å².